The molecule has 1 aliphatic rings. The van der Waals surface area contributed by atoms with Crippen LogP contribution in [-0.4, -0.2) is 74.2 Å². The summed E-state index contributed by atoms with van der Waals surface area (Å²) in [6, 6.07) is 0.180. The SMILES string of the molecule is CCNC1COCC1C(=O)N(CC)CCCN(CC)CC. The van der Waals surface area contributed by atoms with Gasteiger partial charge in [-0.1, -0.05) is 20.8 Å². The molecule has 2 unspecified atom stereocenters. The molecule has 124 valence electrons. The first-order chi connectivity index (χ1) is 10.2. The topological polar surface area (TPSA) is 44.8 Å². The molecule has 2 atom stereocenters. The van der Waals surface area contributed by atoms with E-state index in [1.807, 2.05) is 4.90 Å². The summed E-state index contributed by atoms with van der Waals surface area (Å²) in [6.07, 6.45) is 1.04. The summed E-state index contributed by atoms with van der Waals surface area (Å²) in [5, 5.41) is 3.37. The fourth-order valence-corrected chi connectivity index (χ4v) is 2.94. The van der Waals surface area contributed by atoms with Gasteiger partial charge in [0.15, 0.2) is 0 Å². The summed E-state index contributed by atoms with van der Waals surface area (Å²) in [5.74, 6) is 0.235. The normalized spacial score (nSPS) is 22.0. The third-order valence-corrected chi connectivity index (χ3v) is 4.35. The van der Waals surface area contributed by atoms with Gasteiger partial charge in [0.2, 0.25) is 5.91 Å². The zero-order valence-electron chi connectivity index (χ0n) is 14.2. The molecule has 0 aliphatic carbocycles. The third-order valence-electron chi connectivity index (χ3n) is 4.35. The van der Waals surface area contributed by atoms with Crippen LogP contribution in [0, 0.1) is 5.92 Å². The van der Waals surface area contributed by atoms with Crippen molar-refractivity contribution in [2.45, 2.75) is 40.2 Å². The number of likely N-dealkylation sites (N-methyl/N-ethyl adjacent to an activating group) is 1. The van der Waals surface area contributed by atoms with E-state index in [0.29, 0.717) is 13.2 Å². The highest BCUT2D eigenvalue weighted by molar-refractivity contribution is 5.80. The molecule has 1 heterocycles. The van der Waals surface area contributed by atoms with Crippen molar-refractivity contribution in [1.82, 2.24) is 15.1 Å². The Labute approximate surface area is 130 Å². The molecule has 0 aromatic carbocycles. The Morgan fingerprint density at radius 1 is 1.10 bits per heavy atom. The summed E-state index contributed by atoms with van der Waals surface area (Å²) >= 11 is 0. The average molecular weight is 299 g/mol. The number of nitrogens with zero attached hydrogens (tertiary/aromatic N) is 2. The maximum absolute atomic E-state index is 12.7. The fraction of sp³-hybridized carbons (Fsp3) is 0.938. The van der Waals surface area contributed by atoms with Crippen LogP contribution in [0.4, 0.5) is 0 Å². The number of amides is 1. The van der Waals surface area contributed by atoms with Crippen LogP contribution >= 0.6 is 0 Å². The van der Waals surface area contributed by atoms with Crippen molar-refractivity contribution in [2.24, 2.45) is 5.92 Å². The molecular weight excluding hydrogens is 266 g/mol. The van der Waals surface area contributed by atoms with Gasteiger partial charge in [0.05, 0.1) is 19.1 Å². The maximum atomic E-state index is 12.7. The Morgan fingerprint density at radius 2 is 1.81 bits per heavy atom. The first-order valence-corrected chi connectivity index (χ1v) is 8.50. The van der Waals surface area contributed by atoms with Crippen molar-refractivity contribution in [3.8, 4) is 0 Å². The van der Waals surface area contributed by atoms with Crippen LogP contribution in [0.15, 0.2) is 0 Å². The van der Waals surface area contributed by atoms with E-state index < -0.39 is 0 Å². The largest absolute Gasteiger partial charge is 0.379 e. The Hall–Kier alpha value is -0.650. The lowest BCUT2D eigenvalue weighted by molar-refractivity contribution is -0.135. The lowest BCUT2D eigenvalue weighted by atomic mass is 10.0. The molecule has 0 aromatic heterocycles. The molecule has 1 aliphatic heterocycles. The van der Waals surface area contributed by atoms with Crippen molar-refractivity contribution in [3.05, 3.63) is 0 Å². The quantitative estimate of drug-likeness (QED) is 0.658. The standard InChI is InChI=1S/C16H33N3O2/c1-5-17-15-13-21-12-14(15)16(20)19(8-4)11-9-10-18(6-2)7-3/h14-15,17H,5-13H2,1-4H3. The van der Waals surface area contributed by atoms with Crippen LogP contribution in [-0.2, 0) is 9.53 Å². The van der Waals surface area contributed by atoms with Crippen molar-refractivity contribution >= 4 is 5.91 Å². The predicted molar refractivity (Wildman–Crippen MR) is 86.4 cm³/mol. The lowest BCUT2D eigenvalue weighted by Crippen LogP contribution is -2.46. The molecule has 1 saturated heterocycles. The molecule has 21 heavy (non-hydrogen) atoms. The van der Waals surface area contributed by atoms with E-state index in [9.17, 15) is 4.79 Å². The third kappa shape index (κ3) is 5.57. The predicted octanol–water partition coefficient (Wildman–Crippen LogP) is 1.19. The first-order valence-electron chi connectivity index (χ1n) is 8.50. The zero-order valence-corrected chi connectivity index (χ0v) is 14.2. The van der Waals surface area contributed by atoms with Gasteiger partial charge in [-0.05, 0) is 39.5 Å². The van der Waals surface area contributed by atoms with E-state index in [-0.39, 0.29) is 17.9 Å². The molecule has 1 fully saturated rings. The smallest absolute Gasteiger partial charge is 0.229 e. The summed E-state index contributed by atoms with van der Waals surface area (Å²) in [5.41, 5.74) is 0. The molecule has 0 saturated carbocycles. The number of carbonyl (C=O) groups is 1. The minimum absolute atomic E-state index is 0.0154. The second-order valence-electron chi connectivity index (χ2n) is 5.61. The second kappa shape index (κ2) is 10.1. The monoisotopic (exact) mass is 299 g/mol. The van der Waals surface area contributed by atoms with Crippen molar-refractivity contribution in [3.63, 3.8) is 0 Å². The van der Waals surface area contributed by atoms with E-state index in [0.717, 1.165) is 45.7 Å². The molecule has 1 N–H and O–H groups in total. The highest BCUT2D eigenvalue weighted by atomic mass is 16.5. The van der Waals surface area contributed by atoms with Crippen LogP contribution < -0.4 is 5.32 Å². The van der Waals surface area contributed by atoms with E-state index >= 15 is 0 Å². The number of hydrogen-bond donors (Lipinski definition) is 1. The van der Waals surface area contributed by atoms with Gasteiger partial charge in [-0.25, -0.2) is 0 Å². The Balaban J connectivity index is 2.45. The first kappa shape index (κ1) is 18.4. The van der Waals surface area contributed by atoms with Crippen LogP contribution in [0.25, 0.3) is 0 Å². The summed E-state index contributed by atoms with van der Waals surface area (Å²) in [4.78, 5) is 17.1. The van der Waals surface area contributed by atoms with Gasteiger partial charge in [-0.2, -0.15) is 0 Å². The van der Waals surface area contributed by atoms with Gasteiger partial charge in [0.1, 0.15) is 0 Å². The van der Waals surface area contributed by atoms with Gasteiger partial charge < -0.3 is 19.9 Å². The summed E-state index contributed by atoms with van der Waals surface area (Å²) < 4.78 is 5.50. The van der Waals surface area contributed by atoms with E-state index in [4.69, 9.17) is 4.74 Å². The van der Waals surface area contributed by atoms with Crippen LogP contribution in [0.1, 0.15) is 34.1 Å². The molecule has 1 rings (SSSR count). The molecule has 0 spiro atoms. The van der Waals surface area contributed by atoms with Gasteiger partial charge in [-0.3, -0.25) is 4.79 Å². The minimum Gasteiger partial charge on any atom is -0.379 e. The van der Waals surface area contributed by atoms with E-state index in [2.05, 4.69) is 37.9 Å². The highest BCUT2D eigenvalue weighted by Gasteiger charge is 2.35. The lowest BCUT2D eigenvalue weighted by Gasteiger charge is -2.27. The fourth-order valence-electron chi connectivity index (χ4n) is 2.94. The highest BCUT2D eigenvalue weighted by Crippen LogP contribution is 2.17. The van der Waals surface area contributed by atoms with Gasteiger partial charge >= 0.3 is 0 Å². The summed E-state index contributed by atoms with van der Waals surface area (Å²) in [7, 11) is 0. The number of carbonyl (C=O) groups excluding carboxylic acids is 1. The molecule has 5 nitrogen and oxygen atoms in total. The Bertz CT molecular complexity index is 295. The Kier molecular flexibility index (Phi) is 8.88. The van der Waals surface area contributed by atoms with E-state index in [1.54, 1.807) is 0 Å². The van der Waals surface area contributed by atoms with Crippen LogP contribution in [0.2, 0.25) is 0 Å². The average Bonchev–Trinajstić information content (AvgIpc) is 2.96. The maximum Gasteiger partial charge on any atom is 0.229 e. The van der Waals surface area contributed by atoms with Crippen LogP contribution in [0.3, 0.4) is 0 Å². The van der Waals surface area contributed by atoms with Gasteiger partial charge in [0.25, 0.3) is 0 Å². The van der Waals surface area contributed by atoms with Gasteiger partial charge in [0, 0.05) is 19.1 Å². The molecule has 5 heteroatoms. The van der Waals surface area contributed by atoms with Crippen LogP contribution in [0.5, 0.6) is 0 Å². The van der Waals surface area contributed by atoms with Crippen molar-refractivity contribution in [2.75, 3.05) is 52.5 Å². The molecular formula is C16H33N3O2. The van der Waals surface area contributed by atoms with Gasteiger partial charge in [-0.15, -0.1) is 0 Å². The molecule has 0 bridgehead atoms. The second-order valence-corrected chi connectivity index (χ2v) is 5.61. The van der Waals surface area contributed by atoms with Crippen molar-refractivity contribution < 1.29 is 9.53 Å². The minimum atomic E-state index is -0.0154. The van der Waals surface area contributed by atoms with E-state index in [1.165, 1.54) is 0 Å². The molecule has 0 radical (unpaired) electrons. The number of hydrogen-bond acceptors (Lipinski definition) is 4. The number of rotatable bonds is 10. The van der Waals surface area contributed by atoms with Crippen molar-refractivity contribution in [1.29, 1.82) is 0 Å². The number of nitrogens with one attached hydrogen (secondary N) is 1. The number of ether oxygens (including phenoxy) is 1. The summed E-state index contributed by atoms with van der Waals surface area (Å²) in [6.45, 7) is 15.4. The Morgan fingerprint density at radius 3 is 2.38 bits per heavy atom. The zero-order chi connectivity index (χ0) is 15.7. The molecule has 1 amide bonds. The molecule has 0 aromatic rings.